The molecule has 116 valence electrons. The Bertz CT molecular complexity index is 532. The number of carbonyl (C=O) groups is 2. The van der Waals surface area contributed by atoms with Gasteiger partial charge in [0, 0.05) is 17.1 Å². The first-order valence-electron chi connectivity index (χ1n) is 6.51. The first-order valence-corrected chi connectivity index (χ1v) is 6.89. The molecule has 0 heterocycles. The average Bonchev–Trinajstić information content (AvgIpc) is 2.38. The zero-order valence-corrected chi connectivity index (χ0v) is 13.3. The molecular formula is C14H20ClN3O3. The van der Waals surface area contributed by atoms with Gasteiger partial charge in [0.1, 0.15) is 5.75 Å². The number of benzene rings is 1. The molecule has 1 aromatic carbocycles. The Kier molecular flexibility index (Phi) is 6.30. The summed E-state index contributed by atoms with van der Waals surface area (Å²) in [4.78, 5) is 23.0. The summed E-state index contributed by atoms with van der Waals surface area (Å²) in [5.74, 6) is 0.0906. The average molecular weight is 314 g/mol. The van der Waals surface area contributed by atoms with E-state index in [-0.39, 0.29) is 12.6 Å². The second-order valence-electron chi connectivity index (χ2n) is 4.83. The molecule has 3 amide bonds. The fourth-order valence-corrected chi connectivity index (χ4v) is 1.77. The van der Waals surface area contributed by atoms with Gasteiger partial charge in [0.15, 0.2) is 0 Å². The molecule has 0 aliphatic rings. The Morgan fingerprint density at radius 1 is 1.33 bits per heavy atom. The molecule has 7 heteroatoms. The molecule has 0 saturated heterocycles. The van der Waals surface area contributed by atoms with Crippen LogP contribution in [-0.4, -0.2) is 31.6 Å². The monoisotopic (exact) mass is 313 g/mol. The third-order valence-corrected chi connectivity index (χ3v) is 3.00. The number of ether oxygens (including phenoxy) is 1. The van der Waals surface area contributed by atoms with Gasteiger partial charge in [0.25, 0.3) is 0 Å². The molecule has 1 aromatic rings. The number of nitrogens with one attached hydrogen (secondary N) is 3. The standard InChI is InChI=1S/C14H20ClN3O3/c1-8(2)17-14(20)18-13(19)7-16-11-5-9(3)10(15)6-12(11)21-4/h5-6,8,16H,7H2,1-4H3,(H2,17,18,19,20). The van der Waals surface area contributed by atoms with Crippen LogP contribution in [0.4, 0.5) is 10.5 Å². The molecule has 3 N–H and O–H groups in total. The lowest BCUT2D eigenvalue weighted by atomic mass is 10.2. The van der Waals surface area contributed by atoms with Gasteiger partial charge in [0.2, 0.25) is 5.91 Å². The van der Waals surface area contributed by atoms with Crippen LogP contribution in [0, 0.1) is 6.92 Å². The van der Waals surface area contributed by atoms with Crippen molar-refractivity contribution in [3.63, 3.8) is 0 Å². The fourth-order valence-electron chi connectivity index (χ4n) is 1.61. The van der Waals surface area contributed by atoms with Crippen LogP contribution in [0.1, 0.15) is 19.4 Å². The van der Waals surface area contributed by atoms with E-state index >= 15 is 0 Å². The number of hydrogen-bond donors (Lipinski definition) is 3. The summed E-state index contributed by atoms with van der Waals surface area (Å²) in [5.41, 5.74) is 1.50. The third kappa shape index (κ3) is 5.51. The van der Waals surface area contributed by atoms with Crippen molar-refractivity contribution in [3.8, 4) is 5.75 Å². The topological polar surface area (TPSA) is 79.5 Å². The molecule has 0 aliphatic carbocycles. The van der Waals surface area contributed by atoms with Crippen molar-refractivity contribution in [2.75, 3.05) is 19.0 Å². The second-order valence-corrected chi connectivity index (χ2v) is 5.24. The molecule has 0 radical (unpaired) electrons. The van der Waals surface area contributed by atoms with Crippen LogP contribution < -0.4 is 20.7 Å². The number of anilines is 1. The summed E-state index contributed by atoms with van der Waals surface area (Å²) in [5, 5.41) is 8.29. The van der Waals surface area contributed by atoms with Gasteiger partial charge in [-0.05, 0) is 32.4 Å². The van der Waals surface area contributed by atoms with Crippen molar-refractivity contribution in [3.05, 3.63) is 22.7 Å². The van der Waals surface area contributed by atoms with Gasteiger partial charge in [-0.3, -0.25) is 10.1 Å². The van der Waals surface area contributed by atoms with E-state index in [4.69, 9.17) is 16.3 Å². The Labute approximate surface area is 129 Å². The van der Waals surface area contributed by atoms with Crippen LogP contribution >= 0.6 is 11.6 Å². The highest BCUT2D eigenvalue weighted by atomic mass is 35.5. The van der Waals surface area contributed by atoms with Gasteiger partial charge in [-0.15, -0.1) is 0 Å². The number of rotatable bonds is 5. The molecule has 0 unspecified atom stereocenters. The van der Waals surface area contributed by atoms with Crippen molar-refractivity contribution in [2.24, 2.45) is 0 Å². The van der Waals surface area contributed by atoms with Crippen LogP contribution in [-0.2, 0) is 4.79 Å². The Morgan fingerprint density at radius 2 is 2.00 bits per heavy atom. The van der Waals surface area contributed by atoms with Crippen LogP contribution in [0.5, 0.6) is 5.75 Å². The maximum atomic E-state index is 11.7. The van der Waals surface area contributed by atoms with Crippen molar-refractivity contribution in [1.29, 1.82) is 0 Å². The lowest BCUT2D eigenvalue weighted by molar-refractivity contribution is -0.118. The number of carbonyl (C=O) groups excluding carboxylic acids is 2. The summed E-state index contributed by atoms with van der Waals surface area (Å²) in [6.45, 7) is 5.42. The number of aryl methyl sites for hydroxylation is 1. The molecule has 0 spiro atoms. The Morgan fingerprint density at radius 3 is 2.57 bits per heavy atom. The predicted octanol–water partition coefficient (Wildman–Crippen LogP) is 2.30. The number of amides is 3. The Hall–Kier alpha value is -1.95. The normalized spacial score (nSPS) is 10.2. The first-order chi connectivity index (χ1) is 9.83. The smallest absolute Gasteiger partial charge is 0.321 e. The fraction of sp³-hybridized carbons (Fsp3) is 0.429. The van der Waals surface area contributed by atoms with Gasteiger partial charge >= 0.3 is 6.03 Å². The number of urea groups is 1. The molecule has 0 bridgehead atoms. The van der Waals surface area contributed by atoms with E-state index < -0.39 is 11.9 Å². The maximum absolute atomic E-state index is 11.7. The zero-order chi connectivity index (χ0) is 16.0. The van der Waals surface area contributed by atoms with E-state index in [0.29, 0.717) is 16.5 Å². The largest absolute Gasteiger partial charge is 0.495 e. The molecular weight excluding hydrogens is 294 g/mol. The lowest BCUT2D eigenvalue weighted by Crippen LogP contribution is -2.44. The molecule has 0 aliphatic heterocycles. The highest BCUT2D eigenvalue weighted by Gasteiger charge is 2.11. The van der Waals surface area contributed by atoms with Gasteiger partial charge in [-0.25, -0.2) is 4.79 Å². The summed E-state index contributed by atoms with van der Waals surface area (Å²) in [6, 6.07) is 2.89. The third-order valence-electron chi connectivity index (χ3n) is 2.59. The van der Waals surface area contributed by atoms with Crippen LogP contribution in [0.3, 0.4) is 0 Å². The number of halogens is 1. The molecule has 6 nitrogen and oxygen atoms in total. The van der Waals surface area contributed by atoms with E-state index in [0.717, 1.165) is 5.56 Å². The van der Waals surface area contributed by atoms with Gasteiger partial charge in [-0.2, -0.15) is 0 Å². The van der Waals surface area contributed by atoms with Crippen molar-refractivity contribution in [2.45, 2.75) is 26.8 Å². The molecule has 0 atom stereocenters. The van der Waals surface area contributed by atoms with Crippen molar-refractivity contribution in [1.82, 2.24) is 10.6 Å². The summed E-state index contributed by atoms with van der Waals surface area (Å²) in [7, 11) is 1.52. The second kappa shape index (κ2) is 7.73. The first kappa shape index (κ1) is 17.1. The minimum absolute atomic E-state index is 0.0373. The van der Waals surface area contributed by atoms with E-state index in [9.17, 15) is 9.59 Å². The number of methoxy groups -OCH3 is 1. The van der Waals surface area contributed by atoms with E-state index in [1.807, 2.05) is 20.8 Å². The number of hydrogen-bond acceptors (Lipinski definition) is 4. The zero-order valence-electron chi connectivity index (χ0n) is 12.5. The van der Waals surface area contributed by atoms with Gasteiger partial charge in [-0.1, -0.05) is 11.6 Å². The summed E-state index contributed by atoms with van der Waals surface area (Å²) in [6.07, 6.45) is 0. The highest BCUT2D eigenvalue weighted by Crippen LogP contribution is 2.30. The minimum Gasteiger partial charge on any atom is -0.495 e. The quantitative estimate of drug-likeness (QED) is 0.779. The summed E-state index contributed by atoms with van der Waals surface area (Å²) >= 11 is 6.00. The van der Waals surface area contributed by atoms with Crippen molar-refractivity contribution >= 4 is 29.2 Å². The van der Waals surface area contributed by atoms with Crippen LogP contribution in [0.2, 0.25) is 5.02 Å². The van der Waals surface area contributed by atoms with Gasteiger partial charge in [0.05, 0.1) is 19.3 Å². The van der Waals surface area contributed by atoms with Crippen LogP contribution in [0.15, 0.2) is 12.1 Å². The SMILES string of the molecule is COc1cc(Cl)c(C)cc1NCC(=O)NC(=O)NC(C)C. The molecule has 1 rings (SSSR count). The molecule has 0 fully saturated rings. The van der Waals surface area contributed by atoms with E-state index in [1.165, 1.54) is 7.11 Å². The Balaban J connectivity index is 2.61. The van der Waals surface area contributed by atoms with Crippen LogP contribution in [0.25, 0.3) is 0 Å². The predicted molar refractivity (Wildman–Crippen MR) is 83.0 cm³/mol. The lowest BCUT2D eigenvalue weighted by Gasteiger charge is -2.13. The number of imide groups is 1. The van der Waals surface area contributed by atoms with Crippen molar-refractivity contribution < 1.29 is 14.3 Å². The van der Waals surface area contributed by atoms with Gasteiger partial charge < -0.3 is 15.4 Å². The maximum Gasteiger partial charge on any atom is 0.321 e. The summed E-state index contributed by atoms with van der Waals surface area (Å²) < 4.78 is 5.19. The highest BCUT2D eigenvalue weighted by molar-refractivity contribution is 6.31. The molecule has 0 aromatic heterocycles. The minimum atomic E-state index is -0.518. The molecule has 0 saturated carbocycles. The van der Waals surface area contributed by atoms with E-state index in [2.05, 4.69) is 16.0 Å². The molecule has 21 heavy (non-hydrogen) atoms. The van der Waals surface area contributed by atoms with E-state index in [1.54, 1.807) is 12.1 Å².